The molecule has 1 saturated carbocycles. The number of rotatable bonds is 4. The molecule has 1 atom stereocenters. The number of carbonyl (C=O) groups is 2. The van der Waals surface area contributed by atoms with Crippen molar-refractivity contribution in [3.63, 3.8) is 0 Å². The van der Waals surface area contributed by atoms with Gasteiger partial charge in [-0.15, -0.1) is 0 Å². The van der Waals surface area contributed by atoms with E-state index < -0.39 is 17.9 Å². The molecule has 0 saturated heterocycles. The molecule has 3 N–H and O–H groups in total. The Morgan fingerprint density at radius 1 is 1.10 bits per heavy atom. The predicted molar refractivity (Wildman–Crippen MR) is 79.4 cm³/mol. The van der Waals surface area contributed by atoms with Crippen molar-refractivity contribution in [1.82, 2.24) is 10.6 Å². The van der Waals surface area contributed by atoms with Crippen molar-refractivity contribution in [2.75, 3.05) is 6.54 Å². The van der Waals surface area contributed by atoms with Crippen LogP contribution in [0.15, 0.2) is 30.3 Å². The maximum atomic E-state index is 11.8. The van der Waals surface area contributed by atoms with Crippen molar-refractivity contribution < 1.29 is 14.7 Å². The number of aliphatic hydroxyl groups excluding tert-OH is 1. The third-order valence-electron chi connectivity index (χ3n) is 3.79. The molecule has 2 rings (SSSR count). The second kappa shape index (κ2) is 7.78. The summed E-state index contributed by atoms with van der Waals surface area (Å²) in [6.45, 7) is 0.0287. The van der Waals surface area contributed by atoms with Crippen LogP contribution in [0.2, 0.25) is 0 Å². The van der Waals surface area contributed by atoms with Crippen molar-refractivity contribution in [2.24, 2.45) is 0 Å². The second-order valence-corrected chi connectivity index (χ2v) is 5.44. The molecule has 0 aromatic heterocycles. The van der Waals surface area contributed by atoms with Crippen LogP contribution in [0.5, 0.6) is 0 Å². The first kappa shape index (κ1) is 15.5. The number of amides is 2. The molecule has 114 valence electrons. The van der Waals surface area contributed by atoms with Crippen LogP contribution in [0, 0.1) is 0 Å². The number of hydrogen-bond donors (Lipinski definition) is 3. The molecule has 1 aromatic rings. The zero-order valence-electron chi connectivity index (χ0n) is 12.0. The molecular weight excluding hydrogens is 268 g/mol. The lowest BCUT2D eigenvalue weighted by Crippen LogP contribution is -2.46. The fourth-order valence-corrected chi connectivity index (χ4v) is 2.56. The fourth-order valence-electron chi connectivity index (χ4n) is 2.56. The molecular formula is C16H22N2O3. The summed E-state index contributed by atoms with van der Waals surface area (Å²) in [5, 5.41) is 15.1. The third-order valence-corrected chi connectivity index (χ3v) is 3.79. The summed E-state index contributed by atoms with van der Waals surface area (Å²) in [7, 11) is 0. The average molecular weight is 290 g/mol. The largest absolute Gasteiger partial charge is 0.387 e. The van der Waals surface area contributed by atoms with Gasteiger partial charge in [0, 0.05) is 12.6 Å². The predicted octanol–water partition coefficient (Wildman–Crippen LogP) is 1.29. The van der Waals surface area contributed by atoms with Gasteiger partial charge in [0.05, 0.1) is 6.10 Å². The molecule has 0 unspecified atom stereocenters. The highest BCUT2D eigenvalue weighted by Gasteiger charge is 2.20. The minimum Gasteiger partial charge on any atom is -0.387 e. The van der Waals surface area contributed by atoms with Crippen molar-refractivity contribution in [3.05, 3.63) is 35.9 Å². The van der Waals surface area contributed by atoms with Gasteiger partial charge in [-0.1, -0.05) is 49.6 Å². The Bertz CT molecular complexity index is 470. The van der Waals surface area contributed by atoms with Crippen molar-refractivity contribution in [2.45, 2.75) is 44.2 Å². The molecule has 0 heterocycles. The minimum atomic E-state index is -0.808. The van der Waals surface area contributed by atoms with Crippen LogP contribution >= 0.6 is 0 Å². The van der Waals surface area contributed by atoms with Crippen LogP contribution in [-0.4, -0.2) is 29.5 Å². The highest BCUT2D eigenvalue weighted by molar-refractivity contribution is 6.35. The van der Waals surface area contributed by atoms with Gasteiger partial charge < -0.3 is 15.7 Å². The van der Waals surface area contributed by atoms with E-state index in [-0.39, 0.29) is 12.6 Å². The van der Waals surface area contributed by atoms with Gasteiger partial charge in [-0.3, -0.25) is 9.59 Å². The molecule has 1 fully saturated rings. The summed E-state index contributed by atoms with van der Waals surface area (Å²) >= 11 is 0. The zero-order chi connectivity index (χ0) is 15.1. The molecule has 0 aliphatic heterocycles. The highest BCUT2D eigenvalue weighted by atomic mass is 16.3. The third kappa shape index (κ3) is 4.86. The van der Waals surface area contributed by atoms with Crippen LogP contribution in [0.4, 0.5) is 0 Å². The molecule has 5 heteroatoms. The van der Waals surface area contributed by atoms with E-state index in [1.54, 1.807) is 12.1 Å². The minimum absolute atomic E-state index is 0.0287. The van der Waals surface area contributed by atoms with Crippen molar-refractivity contribution >= 4 is 11.8 Å². The first-order chi connectivity index (χ1) is 10.2. The van der Waals surface area contributed by atoms with E-state index in [0.717, 1.165) is 25.7 Å². The SMILES string of the molecule is O=C(NC[C@@H](O)c1ccccc1)C(=O)NC1CCCCC1. The van der Waals surface area contributed by atoms with Crippen LogP contribution in [-0.2, 0) is 9.59 Å². The van der Waals surface area contributed by atoms with Gasteiger partial charge in [-0.05, 0) is 18.4 Å². The highest BCUT2D eigenvalue weighted by Crippen LogP contribution is 2.17. The van der Waals surface area contributed by atoms with E-state index in [2.05, 4.69) is 10.6 Å². The maximum absolute atomic E-state index is 11.8. The molecule has 2 amide bonds. The van der Waals surface area contributed by atoms with E-state index in [9.17, 15) is 14.7 Å². The number of nitrogens with one attached hydrogen (secondary N) is 2. The van der Waals surface area contributed by atoms with Gasteiger partial charge in [-0.25, -0.2) is 0 Å². The number of aliphatic hydroxyl groups is 1. The summed E-state index contributed by atoms with van der Waals surface area (Å²) in [5.41, 5.74) is 0.713. The lowest BCUT2D eigenvalue weighted by atomic mass is 9.95. The summed E-state index contributed by atoms with van der Waals surface area (Å²) in [6.07, 6.45) is 4.45. The Morgan fingerprint density at radius 3 is 2.43 bits per heavy atom. The molecule has 5 nitrogen and oxygen atoms in total. The molecule has 1 aliphatic carbocycles. The standard InChI is InChI=1S/C16H22N2O3/c19-14(12-7-3-1-4-8-12)11-17-15(20)16(21)18-13-9-5-2-6-10-13/h1,3-4,7-8,13-14,19H,2,5-6,9-11H2,(H,17,20)(H,18,21)/t14-/m1/s1. The summed E-state index contributed by atoms with van der Waals surface area (Å²) in [5.74, 6) is -1.29. The first-order valence-electron chi connectivity index (χ1n) is 7.48. The van der Waals surface area contributed by atoms with Gasteiger partial charge in [-0.2, -0.15) is 0 Å². The lowest BCUT2D eigenvalue weighted by molar-refractivity contribution is -0.140. The van der Waals surface area contributed by atoms with Crippen molar-refractivity contribution in [1.29, 1.82) is 0 Å². The van der Waals surface area contributed by atoms with Crippen LogP contribution in [0.3, 0.4) is 0 Å². The van der Waals surface area contributed by atoms with Crippen molar-refractivity contribution in [3.8, 4) is 0 Å². The topological polar surface area (TPSA) is 78.4 Å². The molecule has 1 aromatic carbocycles. The molecule has 1 aliphatic rings. The van der Waals surface area contributed by atoms with Gasteiger partial charge in [0.25, 0.3) is 0 Å². The number of carbonyl (C=O) groups excluding carboxylic acids is 2. The first-order valence-corrected chi connectivity index (χ1v) is 7.48. The Labute approximate surface area is 124 Å². The Kier molecular flexibility index (Phi) is 5.75. The Hall–Kier alpha value is -1.88. The monoisotopic (exact) mass is 290 g/mol. The molecule has 0 bridgehead atoms. The van der Waals surface area contributed by atoms with Crippen LogP contribution in [0.1, 0.15) is 43.8 Å². The van der Waals surface area contributed by atoms with E-state index in [4.69, 9.17) is 0 Å². The molecule has 0 spiro atoms. The smallest absolute Gasteiger partial charge is 0.309 e. The quantitative estimate of drug-likeness (QED) is 0.731. The summed E-state index contributed by atoms with van der Waals surface area (Å²) < 4.78 is 0. The Balaban J connectivity index is 1.74. The van der Waals surface area contributed by atoms with Gasteiger partial charge in [0.15, 0.2) is 0 Å². The van der Waals surface area contributed by atoms with Crippen LogP contribution < -0.4 is 10.6 Å². The van der Waals surface area contributed by atoms with E-state index in [1.807, 2.05) is 18.2 Å². The number of benzene rings is 1. The average Bonchev–Trinajstić information content (AvgIpc) is 2.54. The maximum Gasteiger partial charge on any atom is 0.309 e. The van der Waals surface area contributed by atoms with Gasteiger partial charge in [0.1, 0.15) is 0 Å². The zero-order valence-corrected chi connectivity index (χ0v) is 12.0. The summed E-state index contributed by atoms with van der Waals surface area (Å²) in [4.78, 5) is 23.5. The normalized spacial score (nSPS) is 17.0. The number of hydrogen-bond acceptors (Lipinski definition) is 3. The second-order valence-electron chi connectivity index (χ2n) is 5.44. The molecule has 21 heavy (non-hydrogen) atoms. The fraction of sp³-hybridized carbons (Fsp3) is 0.500. The van der Waals surface area contributed by atoms with E-state index in [1.165, 1.54) is 6.42 Å². The van der Waals surface area contributed by atoms with Gasteiger partial charge >= 0.3 is 11.8 Å². The summed E-state index contributed by atoms with van der Waals surface area (Å²) in [6, 6.07) is 9.15. The van der Waals surface area contributed by atoms with Crippen LogP contribution in [0.25, 0.3) is 0 Å². The van der Waals surface area contributed by atoms with E-state index in [0.29, 0.717) is 5.56 Å². The van der Waals surface area contributed by atoms with Gasteiger partial charge in [0.2, 0.25) is 0 Å². The Morgan fingerprint density at radius 2 is 1.76 bits per heavy atom. The lowest BCUT2D eigenvalue weighted by Gasteiger charge is -2.22. The molecule has 0 radical (unpaired) electrons. The van der Waals surface area contributed by atoms with E-state index >= 15 is 0 Å².